The van der Waals surface area contributed by atoms with E-state index in [1.54, 1.807) is 6.33 Å². The summed E-state index contributed by atoms with van der Waals surface area (Å²) in [7, 11) is 0. The van der Waals surface area contributed by atoms with Crippen molar-refractivity contribution >= 4 is 11.7 Å². The van der Waals surface area contributed by atoms with Crippen molar-refractivity contribution in [1.82, 2.24) is 19.8 Å². The number of piperazine rings is 1. The van der Waals surface area contributed by atoms with Crippen LogP contribution in [0.3, 0.4) is 0 Å². The largest absolute Gasteiger partial charge is 0.354 e. The molecule has 2 saturated heterocycles. The van der Waals surface area contributed by atoms with Crippen molar-refractivity contribution in [3.8, 4) is 0 Å². The molecule has 0 unspecified atom stereocenters. The fourth-order valence-electron chi connectivity index (χ4n) is 3.02. The van der Waals surface area contributed by atoms with Crippen LogP contribution >= 0.6 is 0 Å². The molecule has 21 heavy (non-hydrogen) atoms. The van der Waals surface area contributed by atoms with E-state index >= 15 is 0 Å². The highest BCUT2D eigenvalue weighted by Crippen LogP contribution is 2.14. The monoisotopic (exact) mass is 289 g/mol. The average Bonchev–Trinajstić information content (AvgIpc) is 2.91. The molecule has 3 heterocycles. The molecule has 6 heteroatoms. The van der Waals surface area contributed by atoms with Crippen LogP contribution in [0.5, 0.6) is 0 Å². The third kappa shape index (κ3) is 3.50. The van der Waals surface area contributed by atoms with Gasteiger partial charge in [0.2, 0.25) is 5.91 Å². The van der Waals surface area contributed by atoms with E-state index in [-0.39, 0.29) is 0 Å². The molecular weight excluding hydrogens is 266 g/mol. The maximum Gasteiger partial charge on any atom is 0.222 e. The van der Waals surface area contributed by atoms with Gasteiger partial charge in [0.1, 0.15) is 12.1 Å². The Kier molecular flexibility index (Phi) is 4.34. The van der Waals surface area contributed by atoms with Crippen LogP contribution in [0.25, 0.3) is 0 Å². The van der Waals surface area contributed by atoms with Crippen LogP contribution in [0.4, 0.5) is 5.82 Å². The first-order valence-corrected chi connectivity index (χ1v) is 7.76. The molecule has 0 bridgehead atoms. The molecule has 1 amide bonds. The maximum atomic E-state index is 11.6. The lowest BCUT2D eigenvalue weighted by Crippen LogP contribution is -2.48. The summed E-state index contributed by atoms with van der Waals surface area (Å²) in [6, 6.07) is 2.04. The van der Waals surface area contributed by atoms with E-state index in [0.717, 1.165) is 70.2 Å². The van der Waals surface area contributed by atoms with Gasteiger partial charge in [-0.3, -0.25) is 9.69 Å². The number of carbonyl (C=O) groups is 1. The normalized spacial score (nSPS) is 20.3. The van der Waals surface area contributed by atoms with Gasteiger partial charge in [-0.05, 0) is 13.3 Å². The number of aromatic nitrogens is 2. The van der Waals surface area contributed by atoms with Gasteiger partial charge in [0.05, 0.1) is 0 Å². The molecule has 6 nitrogen and oxygen atoms in total. The highest BCUT2D eigenvalue weighted by atomic mass is 16.2. The molecule has 0 radical (unpaired) electrons. The standard InChI is InChI=1S/C15H23N5O/c1-13-11-14(17-12-16-13)19-8-5-18(6-9-19)7-10-20-4-2-3-15(20)21/h11-12H,2-10H2,1H3. The van der Waals surface area contributed by atoms with Crippen LogP contribution in [0.2, 0.25) is 0 Å². The van der Waals surface area contributed by atoms with Gasteiger partial charge in [-0.25, -0.2) is 9.97 Å². The highest BCUT2D eigenvalue weighted by Gasteiger charge is 2.22. The van der Waals surface area contributed by atoms with E-state index in [0.29, 0.717) is 5.91 Å². The molecule has 0 spiro atoms. The Hall–Kier alpha value is -1.69. The summed E-state index contributed by atoms with van der Waals surface area (Å²) in [4.78, 5) is 26.8. The summed E-state index contributed by atoms with van der Waals surface area (Å²) in [6.45, 7) is 8.85. The van der Waals surface area contributed by atoms with Gasteiger partial charge in [-0.1, -0.05) is 0 Å². The topological polar surface area (TPSA) is 52.6 Å². The number of carbonyl (C=O) groups excluding carboxylic acids is 1. The average molecular weight is 289 g/mol. The lowest BCUT2D eigenvalue weighted by atomic mass is 10.3. The highest BCUT2D eigenvalue weighted by molar-refractivity contribution is 5.78. The van der Waals surface area contributed by atoms with Gasteiger partial charge in [0.15, 0.2) is 0 Å². The smallest absolute Gasteiger partial charge is 0.222 e. The number of aryl methyl sites for hydroxylation is 1. The summed E-state index contributed by atoms with van der Waals surface area (Å²) in [6.07, 6.45) is 3.40. The van der Waals surface area contributed by atoms with Crippen LogP contribution in [0.15, 0.2) is 12.4 Å². The predicted molar refractivity (Wildman–Crippen MR) is 81.2 cm³/mol. The van der Waals surface area contributed by atoms with Gasteiger partial charge >= 0.3 is 0 Å². The zero-order valence-electron chi connectivity index (χ0n) is 12.7. The first-order valence-electron chi connectivity index (χ1n) is 7.76. The van der Waals surface area contributed by atoms with Crippen molar-refractivity contribution < 1.29 is 4.79 Å². The second kappa shape index (κ2) is 6.39. The second-order valence-corrected chi connectivity index (χ2v) is 5.83. The quantitative estimate of drug-likeness (QED) is 0.809. The maximum absolute atomic E-state index is 11.6. The number of anilines is 1. The van der Waals surface area contributed by atoms with Crippen molar-refractivity contribution in [2.24, 2.45) is 0 Å². The SMILES string of the molecule is Cc1cc(N2CCN(CCN3CCCC3=O)CC2)ncn1. The van der Waals surface area contributed by atoms with Gasteiger partial charge in [0.25, 0.3) is 0 Å². The van der Waals surface area contributed by atoms with E-state index in [9.17, 15) is 4.79 Å². The molecule has 0 aliphatic carbocycles. The number of amides is 1. The molecule has 1 aromatic heterocycles. The van der Waals surface area contributed by atoms with Crippen LogP contribution < -0.4 is 4.90 Å². The third-order valence-electron chi connectivity index (χ3n) is 4.34. The summed E-state index contributed by atoms with van der Waals surface area (Å²) in [5.41, 5.74) is 1.01. The van der Waals surface area contributed by atoms with Crippen molar-refractivity contribution in [1.29, 1.82) is 0 Å². The summed E-state index contributed by atoms with van der Waals surface area (Å²) < 4.78 is 0. The zero-order valence-corrected chi connectivity index (χ0v) is 12.7. The van der Waals surface area contributed by atoms with Crippen molar-refractivity contribution in [2.75, 3.05) is 50.7 Å². The van der Waals surface area contributed by atoms with E-state index in [1.807, 2.05) is 17.9 Å². The first kappa shape index (κ1) is 14.3. The summed E-state index contributed by atoms with van der Waals surface area (Å²) >= 11 is 0. The minimum absolute atomic E-state index is 0.324. The second-order valence-electron chi connectivity index (χ2n) is 5.83. The number of hydrogen-bond acceptors (Lipinski definition) is 5. The summed E-state index contributed by atoms with van der Waals surface area (Å²) in [5, 5.41) is 0. The van der Waals surface area contributed by atoms with E-state index in [1.165, 1.54) is 0 Å². The Morgan fingerprint density at radius 2 is 1.90 bits per heavy atom. The van der Waals surface area contributed by atoms with Gasteiger partial charge in [-0.15, -0.1) is 0 Å². The molecule has 2 aliphatic rings. The van der Waals surface area contributed by atoms with Crippen LogP contribution in [-0.4, -0.2) is 71.5 Å². The van der Waals surface area contributed by atoms with Crippen LogP contribution in [0.1, 0.15) is 18.5 Å². The Morgan fingerprint density at radius 1 is 1.10 bits per heavy atom. The Balaban J connectivity index is 1.45. The lowest BCUT2D eigenvalue weighted by molar-refractivity contribution is -0.127. The molecule has 0 saturated carbocycles. The lowest BCUT2D eigenvalue weighted by Gasteiger charge is -2.36. The molecule has 1 aromatic rings. The van der Waals surface area contributed by atoms with Crippen LogP contribution in [-0.2, 0) is 4.79 Å². The number of likely N-dealkylation sites (tertiary alicyclic amines) is 1. The fraction of sp³-hybridized carbons (Fsp3) is 0.667. The Bertz CT molecular complexity index is 499. The van der Waals surface area contributed by atoms with E-state index in [2.05, 4.69) is 19.8 Å². The minimum atomic E-state index is 0.324. The molecule has 0 aromatic carbocycles. The van der Waals surface area contributed by atoms with E-state index < -0.39 is 0 Å². The molecule has 0 atom stereocenters. The number of rotatable bonds is 4. The predicted octanol–water partition coefficient (Wildman–Crippen LogP) is 0.529. The van der Waals surface area contributed by atoms with Crippen molar-refractivity contribution in [3.05, 3.63) is 18.1 Å². The Labute approximate surface area is 125 Å². The van der Waals surface area contributed by atoms with Crippen molar-refractivity contribution in [2.45, 2.75) is 19.8 Å². The first-order chi connectivity index (χ1) is 10.2. The third-order valence-corrected chi connectivity index (χ3v) is 4.34. The number of hydrogen-bond donors (Lipinski definition) is 0. The molecule has 0 N–H and O–H groups in total. The van der Waals surface area contributed by atoms with Gasteiger partial charge < -0.3 is 9.80 Å². The molecular formula is C15H23N5O. The van der Waals surface area contributed by atoms with Crippen molar-refractivity contribution in [3.63, 3.8) is 0 Å². The van der Waals surface area contributed by atoms with Gasteiger partial charge in [0, 0.05) is 64.0 Å². The summed E-state index contributed by atoms with van der Waals surface area (Å²) in [5.74, 6) is 1.35. The molecule has 3 rings (SSSR count). The fourth-order valence-corrected chi connectivity index (χ4v) is 3.02. The van der Waals surface area contributed by atoms with E-state index in [4.69, 9.17) is 0 Å². The van der Waals surface area contributed by atoms with Crippen LogP contribution in [0, 0.1) is 6.92 Å². The number of nitrogens with zero attached hydrogens (tertiary/aromatic N) is 5. The minimum Gasteiger partial charge on any atom is -0.354 e. The molecule has 2 aliphatic heterocycles. The molecule has 2 fully saturated rings. The Morgan fingerprint density at radius 3 is 2.57 bits per heavy atom. The molecule has 114 valence electrons. The zero-order chi connectivity index (χ0) is 14.7. The van der Waals surface area contributed by atoms with Gasteiger partial charge in [-0.2, -0.15) is 0 Å².